The molecule has 0 saturated heterocycles. The van der Waals surface area contributed by atoms with Gasteiger partial charge in [-0.3, -0.25) is 4.79 Å². The van der Waals surface area contributed by atoms with Crippen molar-refractivity contribution in [3.8, 4) is 0 Å². The van der Waals surface area contributed by atoms with Crippen LogP contribution in [0.3, 0.4) is 0 Å². The lowest BCUT2D eigenvalue weighted by atomic mass is 9.83. The first-order chi connectivity index (χ1) is 11.4. The molecule has 126 valence electrons. The fraction of sp³-hybridized carbons (Fsp3) is 0.316. The lowest BCUT2D eigenvalue weighted by molar-refractivity contribution is -0.120. The van der Waals surface area contributed by atoms with Gasteiger partial charge in [-0.15, -0.1) is 0 Å². The highest BCUT2D eigenvalue weighted by atomic mass is 19.1. The molecule has 0 aromatic heterocycles. The van der Waals surface area contributed by atoms with E-state index in [0.29, 0.717) is 25.1 Å². The molecule has 0 saturated carbocycles. The van der Waals surface area contributed by atoms with Gasteiger partial charge < -0.3 is 10.6 Å². The monoisotopic (exact) mass is 330 g/mol. The lowest BCUT2D eigenvalue weighted by Gasteiger charge is -2.26. The van der Waals surface area contributed by atoms with E-state index < -0.39 is 23.0 Å². The summed E-state index contributed by atoms with van der Waals surface area (Å²) >= 11 is 0. The second-order valence-corrected chi connectivity index (χ2v) is 6.55. The molecule has 2 aromatic rings. The topological polar surface area (TPSA) is 41.1 Å². The Labute approximate surface area is 140 Å². The summed E-state index contributed by atoms with van der Waals surface area (Å²) in [4.78, 5) is 12.7. The van der Waals surface area contributed by atoms with E-state index in [1.807, 2.05) is 6.07 Å². The molecule has 0 bridgehead atoms. The highest BCUT2D eigenvalue weighted by Gasteiger charge is 2.33. The minimum Gasteiger partial charge on any atom is -0.323 e. The zero-order valence-electron chi connectivity index (χ0n) is 13.7. The number of rotatable bonds is 3. The number of amides is 1. The molecule has 0 radical (unpaired) electrons. The fourth-order valence-corrected chi connectivity index (χ4v) is 3.00. The van der Waals surface area contributed by atoms with Gasteiger partial charge >= 0.3 is 0 Å². The second-order valence-electron chi connectivity index (χ2n) is 6.55. The fourth-order valence-electron chi connectivity index (χ4n) is 3.00. The molecule has 3 nitrogen and oxygen atoms in total. The Kier molecular flexibility index (Phi) is 4.37. The Morgan fingerprint density at radius 1 is 1.17 bits per heavy atom. The van der Waals surface area contributed by atoms with Gasteiger partial charge in [-0.05, 0) is 50.1 Å². The number of hydrogen-bond acceptors (Lipinski definition) is 2. The predicted octanol–water partition coefficient (Wildman–Crippen LogP) is 3.53. The molecule has 1 heterocycles. The third-order valence-electron chi connectivity index (χ3n) is 4.57. The third-order valence-corrected chi connectivity index (χ3v) is 4.57. The largest absolute Gasteiger partial charge is 0.323 e. The average Bonchev–Trinajstić information content (AvgIpc) is 2.57. The van der Waals surface area contributed by atoms with Crippen LogP contribution in [-0.4, -0.2) is 12.5 Å². The number of carbonyl (C=O) groups is 1. The van der Waals surface area contributed by atoms with E-state index in [1.54, 1.807) is 38.1 Å². The van der Waals surface area contributed by atoms with Crippen molar-refractivity contribution in [3.63, 3.8) is 0 Å². The van der Waals surface area contributed by atoms with Gasteiger partial charge in [0, 0.05) is 12.1 Å². The number of hydrogen-bond donors (Lipinski definition) is 2. The van der Waals surface area contributed by atoms with E-state index in [1.165, 1.54) is 6.07 Å². The van der Waals surface area contributed by atoms with Crippen LogP contribution in [-0.2, 0) is 23.2 Å². The highest BCUT2D eigenvalue weighted by molar-refractivity contribution is 5.98. The minimum absolute atomic E-state index is 0.144. The van der Waals surface area contributed by atoms with E-state index in [0.717, 1.165) is 5.56 Å². The zero-order valence-corrected chi connectivity index (χ0v) is 13.7. The molecule has 3 rings (SSSR count). The van der Waals surface area contributed by atoms with E-state index >= 15 is 0 Å². The van der Waals surface area contributed by atoms with Crippen molar-refractivity contribution in [2.45, 2.75) is 32.2 Å². The molecule has 1 amide bonds. The molecule has 24 heavy (non-hydrogen) atoms. The summed E-state index contributed by atoms with van der Waals surface area (Å²) in [6.45, 7) is 4.59. The Morgan fingerprint density at radius 2 is 1.92 bits per heavy atom. The number of anilines is 1. The van der Waals surface area contributed by atoms with Crippen molar-refractivity contribution >= 4 is 11.6 Å². The van der Waals surface area contributed by atoms with Gasteiger partial charge in [0.15, 0.2) is 0 Å². The standard InChI is InChI=1S/C19H20F2N2O/c1-19(2,14-5-3-4-6-15(14)20)18(24)23-16-8-7-12-11-22-10-9-13(12)17(16)21/h3-8,22H,9-11H2,1-2H3,(H,23,24). The molecular weight excluding hydrogens is 310 g/mol. The van der Waals surface area contributed by atoms with Gasteiger partial charge in [0.2, 0.25) is 5.91 Å². The van der Waals surface area contributed by atoms with Crippen LogP contribution in [0.25, 0.3) is 0 Å². The summed E-state index contributed by atoms with van der Waals surface area (Å²) < 4.78 is 28.7. The van der Waals surface area contributed by atoms with Crippen LogP contribution in [0.5, 0.6) is 0 Å². The maximum absolute atomic E-state index is 14.7. The summed E-state index contributed by atoms with van der Waals surface area (Å²) in [7, 11) is 0. The number of carbonyl (C=O) groups excluding carboxylic acids is 1. The SMILES string of the molecule is CC(C)(C(=O)Nc1ccc2c(c1F)CCNC2)c1ccccc1F. The van der Waals surface area contributed by atoms with Crippen molar-refractivity contribution in [2.24, 2.45) is 0 Å². The number of nitrogens with one attached hydrogen (secondary N) is 2. The quantitative estimate of drug-likeness (QED) is 0.904. The van der Waals surface area contributed by atoms with Crippen molar-refractivity contribution in [1.82, 2.24) is 5.32 Å². The first kappa shape index (κ1) is 16.6. The first-order valence-electron chi connectivity index (χ1n) is 7.98. The molecule has 2 N–H and O–H groups in total. The van der Waals surface area contributed by atoms with E-state index in [2.05, 4.69) is 10.6 Å². The summed E-state index contributed by atoms with van der Waals surface area (Å²) in [5.41, 5.74) is 0.852. The molecular formula is C19H20F2N2O. The molecule has 0 unspecified atom stereocenters. The number of halogens is 2. The van der Waals surface area contributed by atoms with Crippen LogP contribution >= 0.6 is 0 Å². The van der Waals surface area contributed by atoms with Crippen molar-refractivity contribution in [2.75, 3.05) is 11.9 Å². The molecule has 0 aliphatic carbocycles. The van der Waals surface area contributed by atoms with Gasteiger partial charge in [-0.1, -0.05) is 24.3 Å². The first-order valence-corrected chi connectivity index (χ1v) is 7.98. The van der Waals surface area contributed by atoms with Crippen LogP contribution in [0.2, 0.25) is 0 Å². The van der Waals surface area contributed by atoms with Crippen LogP contribution < -0.4 is 10.6 Å². The van der Waals surface area contributed by atoms with Gasteiger partial charge in [0.25, 0.3) is 0 Å². The molecule has 1 aliphatic rings. The molecule has 0 spiro atoms. The Balaban J connectivity index is 1.88. The summed E-state index contributed by atoms with van der Waals surface area (Å²) in [5, 5.41) is 5.81. The Hall–Kier alpha value is -2.27. The van der Waals surface area contributed by atoms with Crippen molar-refractivity contribution in [3.05, 3.63) is 64.7 Å². The Bertz CT molecular complexity index is 787. The summed E-state index contributed by atoms with van der Waals surface area (Å²) in [6, 6.07) is 9.53. The van der Waals surface area contributed by atoms with Gasteiger partial charge in [-0.25, -0.2) is 8.78 Å². The smallest absolute Gasteiger partial charge is 0.234 e. The normalized spacial score (nSPS) is 14.2. The molecule has 2 aromatic carbocycles. The summed E-state index contributed by atoms with van der Waals surface area (Å²) in [5.74, 6) is -1.29. The number of benzene rings is 2. The minimum atomic E-state index is -1.12. The molecule has 0 atom stereocenters. The van der Waals surface area contributed by atoms with Crippen LogP contribution in [0.15, 0.2) is 36.4 Å². The third kappa shape index (κ3) is 2.91. The van der Waals surface area contributed by atoms with E-state index in [4.69, 9.17) is 0 Å². The van der Waals surface area contributed by atoms with Gasteiger partial charge in [0.05, 0.1) is 11.1 Å². The molecule has 5 heteroatoms. The van der Waals surface area contributed by atoms with Crippen molar-refractivity contribution in [1.29, 1.82) is 0 Å². The average molecular weight is 330 g/mol. The highest BCUT2D eigenvalue weighted by Crippen LogP contribution is 2.29. The second kappa shape index (κ2) is 6.32. The maximum atomic E-state index is 14.7. The van der Waals surface area contributed by atoms with Gasteiger partial charge in [-0.2, -0.15) is 0 Å². The van der Waals surface area contributed by atoms with Crippen LogP contribution in [0.4, 0.5) is 14.5 Å². The maximum Gasteiger partial charge on any atom is 0.234 e. The molecule has 0 fully saturated rings. The lowest BCUT2D eigenvalue weighted by Crippen LogP contribution is -2.36. The van der Waals surface area contributed by atoms with E-state index in [-0.39, 0.29) is 11.3 Å². The van der Waals surface area contributed by atoms with Crippen LogP contribution in [0, 0.1) is 11.6 Å². The van der Waals surface area contributed by atoms with Gasteiger partial charge in [0.1, 0.15) is 11.6 Å². The Morgan fingerprint density at radius 3 is 2.67 bits per heavy atom. The number of fused-ring (bicyclic) bond motifs is 1. The summed E-state index contributed by atoms with van der Waals surface area (Å²) in [6.07, 6.45) is 0.585. The van der Waals surface area contributed by atoms with E-state index in [9.17, 15) is 13.6 Å². The zero-order chi connectivity index (χ0) is 17.3. The molecule has 1 aliphatic heterocycles. The van der Waals surface area contributed by atoms with Crippen LogP contribution in [0.1, 0.15) is 30.5 Å². The van der Waals surface area contributed by atoms with Crippen molar-refractivity contribution < 1.29 is 13.6 Å². The predicted molar refractivity (Wildman–Crippen MR) is 89.9 cm³/mol.